The van der Waals surface area contributed by atoms with Gasteiger partial charge >= 0.3 is 0 Å². The fraction of sp³-hybridized carbons (Fsp3) is 0.182. The van der Waals surface area contributed by atoms with Crippen molar-refractivity contribution >= 4 is 22.9 Å². The number of aromatic nitrogens is 1. The highest BCUT2D eigenvalue weighted by atomic mass is 35.5. The van der Waals surface area contributed by atoms with E-state index in [1.54, 1.807) is 7.11 Å². The largest absolute Gasteiger partial charge is 0.473 e. The molecule has 4 heteroatoms. The van der Waals surface area contributed by atoms with Crippen molar-refractivity contribution in [2.75, 3.05) is 7.11 Å². The zero-order chi connectivity index (χ0) is 10.7. The molecule has 15 heavy (non-hydrogen) atoms. The minimum atomic E-state index is 0.407. The van der Waals surface area contributed by atoms with Gasteiger partial charge in [0.15, 0.2) is 0 Å². The molecule has 1 aromatic heterocycles. The molecule has 0 fully saturated rings. The van der Waals surface area contributed by atoms with Crippen molar-refractivity contribution in [3.05, 3.63) is 36.0 Å². The van der Waals surface area contributed by atoms with E-state index in [4.69, 9.17) is 16.3 Å². The summed E-state index contributed by atoms with van der Waals surface area (Å²) in [7, 11) is 1.62. The molecule has 0 unspecified atom stereocenters. The van der Waals surface area contributed by atoms with Crippen LogP contribution in [-0.2, 0) is 5.88 Å². The van der Waals surface area contributed by atoms with Crippen molar-refractivity contribution in [2.24, 2.45) is 0 Å². The quantitative estimate of drug-likeness (QED) is 0.765. The van der Waals surface area contributed by atoms with E-state index in [2.05, 4.69) is 4.98 Å². The highest BCUT2D eigenvalue weighted by Gasteiger charge is 2.11. The molecule has 0 aliphatic heterocycles. The van der Waals surface area contributed by atoms with Crippen LogP contribution in [-0.4, -0.2) is 12.1 Å². The van der Waals surface area contributed by atoms with Gasteiger partial charge in [-0.25, -0.2) is 4.98 Å². The number of thiazole rings is 1. The fourth-order valence-electron chi connectivity index (χ4n) is 1.32. The van der Waals surface area contributed by atoms with E-state index in [0.717, 1.165) is 16.1 Å². The molecular formula is C11H10ClNOS. The Morgan fingerprint density at radius 1 is 1.33 bits per heavy atom. The third-order valence-electron chi connectivity index (χ3n) is 2.01. The summed E-state index contributed by atoms with van der Waals surface area (Å²) in [5.41, 5.74) is 2.01. The number of halogens is 1. The third kappa shape index (κ3) is 2.13. The summed E-state index contributed by atoms with van der Waals surface area (Å²) in [4.78, 5) is 5.37. The second-order valence-electron chi connectivity index (χ2n) is 2.96. The smallest absolute Gasteiger partial charge is 0.273 e. The maximum atomic E-state index is 5.84. The van der Waals surface area contributed by atoms with Gasteiger partial charge in [0.1, 0.15) is 0 Å². The summed E-state index contributed by atoms with van der Waals surface area (Å²) in [5.74, 6) is 0.407. The Bertz CT molecular complexity index is 441. The second kappa shape index (κ2) is 4.64. The van der Waals surface area contributed by atoms with E-state index in [1.165, 1.54) is 11.3 Å². The van der Waals surface area contributed by atoms with Crippen molar-refractivity contribution in [3.63, 3.8) is 0 Å². The highest BCUT2D eigenvalue weighted by molar-refractivity contribution is 7.17. The lowest BCUT2D eigenvalue weighted by molar-refractivity contribution is 0.411. The van der Waals surface area contributed by atoms with Crippen LogP contribution in [0.3, 0.4) is 0 Å². The Morgan fingerprint density at radius 2 is 2.07 bits per heavy atom. The van der Waals surface area contributed by atoms with Crippen LogP contribution in [0.1, 0.15) is 5.69 Å². The van der Waals surface area contributed by atoms with Crippen LogP contribution in [0.4, 0.5) is 0 Å². The average molecular weight is 240 g/mol. The van der Waals surface area contributed by atoms with Gasteiger partial charge < -0.3 is 4.74 Å². The van der Waals surface area contributed by atoms with E-state index >= 15 is 0 Å². The maximum absolute atomic E-state index is 5.84. The Labute approximate surface area is 97.5 Å². The van der Waals surface area contributed by atoms with Gasteiger partial charge in [-0.2, -0.15) is 0 Å². The monoisotopic (exact) mass is 239 g/mol. The van der Waals surface area contributed by atoms with E-state index in [0.29, 0.717) is 11.1 Å². The molecule has 0 amide bonds. The summed E-state index contributed by atoms with van der Waals surface area (Å²) < 4.78 is 5.11. The molecule has 0 N–H and O–H groups in total. The Morgan fingerprint density at radius 3 is 2.67 bits per heavy atom. The van der Waals surface area contributed by atoms with Crippen molar-refractivity contribution in [1.29, 1.82) is 0 Å². The number of rotatable bonds is 3. The first-order valence-electron chi connectivity index (χ1n) is 4.50. The molecule has 2 rings (SSSR count). The van der Waals surface area contributed by atoms with Crippen LogP contribution < -0.4 is 4.74 Å². The molecule has 78 valence electrons. The van der Waals surface area contributed by atoms with Crippen molar-refractivity contribution in [1.82, 2.24) is 4.98 Å². The lowest BCUT2D eigenvalue weighted by Crippen LogP contribution is -1.83. The van der Waals surface area contributed by atoms with E-state index < -0.39 is 0 Å². The van der Waals surface area contributed by atoms with Gasteiger partial charge in [-0.15, -0.1) is 11.6 Å². The van der Waals surface area contributed by atoms with Crippen molar-refractivity contribution in [2.45, 2.75) is 5.88 Å². The number of hydrogen-bond donors (Lipinski definition) is 0. The molecule has 2 nitrogen and oxygen atoms in total. The summed E-state index contributed by atoms with van der Waals surface area (Å²) in [6, 6.07) is 10.1. The summed E-state index contributed by atoms with van der Waals surface area (Å²) in [5, 5.41) is 0.657. The SMILES string of the molecule is COc1nc(CCl)c(-c2ccccc2)s1. The van der Waals surface area contributed by atoms with Gasteiger partial charge in [0.25, 0.3) is 5.19 Å². The second-order valence-corrected chi connectivity index (χ2v) is 4.19. The van der Waals surface area contributed by atoms with Crippen LogP contribution in [0, 0.1) is 0 Å². The van der Waals surface area contributed by atoms with E-state index in [-0.39, 0.29) is 0 Å². The summed E-state index contributed by atoms with van der Waals surface area (Å²) in [6.45, 7) is 0. The van der Waals surface area contributed by atoms with Crippen LogP contribution in [0.5, 0.6) is 5.19 Å². The van der Waals surface area contributed by atoms with E-state index in [1.807, 2.05) is 30.3 Å². The first kappa shape index (κ1) is 10.5. The maximum Gasteiger partial charge on any atom is 0.273 e. The number of benzene rings is 1. The van der Waals surface area contributed by atoms with Crippen LogP contribution in [0.15, 0.2) is 30.3 Å². The number of methoxy groups -OCH3 is 1. The molecule has 0 radical (unpaired) electrons. The van der Waals surface area contributed by atoms with Gasteiger partial charge in [-0.05, 0) is 5.56 Å². The average Bonchev–Trinajstić information content (AvgIpc) is 2.73. The molecule has 0 aliphatic carbocycles. The zero-order valence-electron chi connectivity index (χ0n) is 8.24. The molecule has 0 aliphatic rings. The molecule has 0 bridgehead atoms. The van der Waals surface area contributed by atoms with Crippen LogP contribution >= 0.6 is 22.9 Å². The van der Waals surface area contributed by atoms with Gasteiger partial charge in [0.2, 0.25) is 0 Å². The molecule has 1 heterocycles. The predicted octanol–water partition coefficient (Wildman–Crippen LogP) is 3.56. The van der Waals surface area contributed by atoms with Crippen LogP contribution in [0.25, 0.3) is 10.4 Å². The minimum Gasteiger partial charge on any atom is -0.473 e. The Hall–Kier alpha value is -1.06. The molecule has 0 spiro atoms. The lowest BCUT2D eigenvalue weighted by Gasteiger charge is -1.97. The number of alkyl halides is 1. The van der Waals surface area contributed by atoms with Gasteiger partial charge in [0.05, 0.1) is 23.6 Å². The summed E-state index contributed by atoms with van der Waals surface area (Å²) in [6.07, 6.45) is 0. The third-order valence-corrected chi connectivity index (χ3v) is 3.38. The molecular weight excluding hydrogens is 230 g/mol. The first-order valence-corrected chi connectivity index (χ1v) is 5.85. The number of ether oxygens (including phenoxy) is 1. The molecule has 0 atom stereocenters. The fourth-order valence-corrected chi connectivity index (χ4v) is 2.50. The van der Waals surface area contributed by atoms with E-state index in [9.17, 15) is 0 Å². The lowest BCUT2D eigenvalue weighted by atomic mass is 10.2. The minimum absolute atomic E-state index is 0.407. The van der Waals surface area contributed by atoms with Crippen molar-refractivity contribution in [3.8, 4) is 15.6 Å². The molecule has 0 saturated carbocycles. The highest BCUT2D eigenvalue weighted by Crippen LogP contribution is 2.34. The normalized spacial score (nSPS) is 10.3. The summed E-state index contributed by atoms with van der Waals surface area (Å²) >= 11 is 7.36. The van der Waals surface area contributed by atoms with Crippen LogP contribution in [0.2, 0.25) is 0 Å². The first-order chi connectivity index (χ1) is 7.35. The van der Waals surface area contributed by atoms with Gasteiger partial charge in [-0.3, -0.25) is 0 Å². The molecule has 0 saturated heterocycles. The van der Waals surface area contributed by atoms with Crippen molar-refractivity contribution < 1.29 is 4.74 Å². The Kier molecular flexibility index (Phi) is 3.23. The standard InChI is InChI=1S/C11H10ClNOS/c1-14-11-13-9(7-12)10(15-11)8-5-3-2-4-6-8/h2-6H,7H2,1H3. The zero-order valence-corrected chi connectivity index (χ0v) is 9.81. The number of nitrogens with zero attached hydrogens (tertiary/aromatic N) is 1. The van der Waals surface area contributed by atoms with Gasteiger partial charge in [-0.1, -0.05) is 41.7 Å². The molecule has 1 aromatic carbocycles. The molecule has 2 aromatic rings. The Balaban J connectivity index is 2.47. The predicted molar refractivity (Wildman–Crippen MR) is 63.7 cm³/mol. The van der Waals surface area contributed by atoms with Gasteiger partial charge in [0, 0.05) is 0 Å². The number of hydrogen-bond acceptors (Lipinski definition) is 3. The topological polar surface area (TPSA) is 22.1 Å².